The van der Waals surface area contributed by atoms with Crippen LogP contribution < -0.4 is 10.2 Å². The van der Waals surface area contributed by atoms with Gasteiger partial charge in [0.25, 0.3) is 11.6 Å². The Morgan fingerprint density at radius 3 is 2.37 bits per heavy atom. The molecule has 0 aromatic heterocycles. The van der Waals surface area contributed by atoms with Crippen molar-refractivity contribution in [1.82, 2.24) is 15.1 Å². The number of hydrogen-bond acceptors (Lipinski definition) is 6. The molecule has 10 heteroatoms. The van der Waals surface area contributed by atoms with Gasteiger partial charge in [0, 0.05) is 44.0 Å². The minimum absolute atomic E-state index is 0.0343. The highest BCUT2D eigenvalue weighted by molar-refractivity contribution is 6.08. The highest BCUT2D eigenvalue weighted by atomic mass is 16.6. The lowest BCUT2D eigenvalue weighted by atomic mass is 9.95. The number of carbonyl (C=O) groups is 3. The largest absolute Gasteiger partial charge is 0.368 e. The van der Waals surface area contributed by atoms with Gasteiger partial charge in [-0.05, 0) is 25.5 Å². The van der Waals surface area contributed by atoms with Crippen molar-refractivity contribution in [2.45, 2.75) is 38.6 Å². The summed E-state index contributed by atoms with van der Waals surface area (Å²) in [6.45, 7) is 5.50. The first-order chi connectivity index (χ1) is 14.2. The van der Waals surface area contributed by atoms with Crippen LogP contribution in [0.2, 0.25) is 0 Å². The fourth-order valence-corrected chi connectivity index (χ4v) is 3.82. The Morgan fingerprint density at radius 1 is 1.17 bits per heavy atom. The van der Waals surface area contributed by atoms with Gasteiger partial charge in [0.05, 0.1) is 4.92 Å². The summed E-state index contributed by atoms with van der Waals surface area (Å²) < 4.78 is 0. The molecule has 0 unspecified atom stereocenters. The Kier molecular flexibility index (Phi) is 6.23. The molecule has 2 saturated heterocycles. The van der Waals surface area contributed by atoms with Gasteiger partial charge in [-0.3, -0.25) is 24.6 Å². The average molecular weight is 417 g/mol. The molecule has 1 aromatic carbocycles. The van der Waals surface area contributed by atoms with Crippen molar-refractivity contribution in [3.63, 3.8) is 0 Å². The number of imide groups is 1. The van der Waals surface area contributed by atoms with E-state index in [4.69, 9.17) is 0 Å². The van der Waals surface area contributed by atoms with Crippen LogP contribution in [-0.4, -0.2) is 70.8 Å². The molecule has 2 aliphatic rings. The van der Waals surface area contributed by atoms with E-state index >= 15 is 0 Å². The maximum Gasteiger partial charge on any atom is 0.325 e. The van der Waals surface area contributed by atoms with Crippen LogP contribution >= 0.6 is 0 Å². The van der Waals surface area contributed by atoms with Crippen molar-refractivity contribution in [2.75, 3.05) is 37.6 Å². The second kappa shape index (κ2) is 8.68. The van der Waals surface area contributed by atoms with Crippen LogP contribution in [-0.2, 0) is 9.59 Å². The Balaban J connectivity index is 1.55. The summed E-state index contributed by atoms with van der Waals surface area (Å²) in [5, 5.41) is 13.5. The SMILES string of the molecule is CCCC[C@@]1(C)NC(=O)N(CC(=O)N2CCN(c3ccc([N+](=O)[O-])cc3)CC2)C1=O. The van der Waals surface area contributed by atoms with E-state index in [9.17, 15) is 24.5 Å². The molecule has 4 amide bonds. The number of rotatable bonds is 7. The Bertz CT molecular complexity index is 834. The molecule has 1 aromatic rings. The third-order valence-corrected chi connectivity index (χ3v) is 5.73. The predicted octanol–water partition coefficient (Wildman–Crippen LogP) is 1.74. The zero-order valence-corrected chi connectivity index (χ0v) is 17.3. The third kappa shape index (κ3) is 4.37. The molecular formula is C20H27N5O5. The molecule has 162 valence electrons. The normalized spacial score (nSPS) is 21.7. The predicted molar refractivity (Wildman–Crippen MR) is 110 cm³/mol. The number of nitrogens with one attached hydrogen (secondary N) is 1. The number of anilines is 1. The van der Waals surface area contributed by atoms with Gasteiger partial charge in [-0.2, -0.15) is 0 Å². The number of benzene rings is 1. The first kappa shape index (κ1) is 21.5. The summed E-state index contributed by atoms with van der Waals surface area (Å²) >= 11 is 0. The number of non-ortho nitro benzene ring substituents is 1. The van der Waals surface area contributed by atoms with Crippen molar-refractivity contribution in [3.8, 4) is 0 Å². The molecule has 30 heavy (non-hydrogen) atoms. The number of carbonyl (C=O) groups excluding carboxylic acids is 3. The highest BCUT2D eigenvalue weighted by Gasteiger charge is 2.48. The molecule has 0 bridgehead atoms. The van der Waals surface area contributed by atoms with E-state index in [1.807, 2.05) is 11.8 Å². The van der Waals surface area contributed by atoms with E-state index in [0.29, 0.717) is 32.6 Å². The van der Waals surface area contributed by atoms with Crippen LogP contribution in [0.4, 0.5) is 16.2 Å². The maximum atomic E-state index is 12.7. The smallest absolute Gasteiger partial charge is 0.325 e. The van der Waals surface area contributed by atoms with Crippen molar-refractivity contribution in [1.29, 1.82) is 0 Å². The molecule has 0 radical (unpaired) electrons. The second-order valence-corrected chi connectivity index (χ2v) is 7.90. The first-order valence-corrected chi connectivity index (χ1v) is 10.2. The van der Waals surface area contributed by atoms with Gasteiger partial charge in [0.1, 0.15) is 12.1 Å². The zero-order chi connectivity index (χ0) is 21.9. The van der Waals surface area contributed by atoms with Gasteiger partial charge >= 0.3 is 6.03 Å². The molecule has 2 fully saturated rings. The van der Waals surface area contributed by atoms with E-state index in [0.717, 1.165) is 23.4 Å². The summed E-state index contributed by atoms with van der Waals surface area (Å²) in [7, 11) is 0. The van der Waals surface area contributed by atoms with Crippen LogP contribution in [0, 0.1) is 10.1 Å². The fraction of sp³-hybridized carbons (Fsp3) is 0.550. The molecule has 1 N–H and O–H groups in total. The molecular weight excluding hydrogens is 390 g/mol. The molecule has 1 atom stereocenters. The topological polar surface area (TPSA) is 116 Å². The monoisotopic (exact) mass is 417 g/mol. The molecule has 0 saturated carbocycles. The van der Waals surface area contributed by atoms with Crippen molar-refractivity contribution in [3.05, 3.63) is 34.4 Å². The summed E-state index contributed by atoms with van der Waals surface area (Å²) in [5.74, 6) is -0.611. The standard InChI is InChI=1S/C20H27N5O5/c1-3-4-9-20(2)18(27)24(19(28)21-20)14-17(26)23-12-10-22(11-13-23)15-5-7-16(8-6-15)25(29)30/h5-8H,3-4,9-14H2,1-2H3,(H,21,28)/t20-/m1/s1. The van der Waals surface area contributed by atoms with Gasteiger partial charge in [-0.1, -0.05) is 19.8 Å². The zero-order valence-electron chi connectivity index (χ0n) is 17.3. The van der Waals surface area contributed by atoms with Crippen LogP contribution in [0.1, 0.15) is 33.1 Å². The fourth-order valence-electron chi connectivity index (χ4n) is 3.82. The lowest BCUT2D eigenvalue weighted by molar-refractivity contribution is -0.384. The van der Waals surface area contributed by atoms with Gasteiger partial charge in [-0.25, -0.2) is 4.79 Å². The van der Waals surface area contributed by atoms with Crippen molar-refractivity contribution in [2.24, 2.45) is 0 Å². The van der Waals surface area contributed by atoms with Gasteiger partial charge < -0.3 is 15.1 Å². The van der Waals surface area contributed by atoms with E-state index in [1.165, 1.54) is 12.1 Å². The average Bonchev–Trinajstić information content (AvgIpc) is 2.95. The Labute approximate surface area is 174 Å². The molecule has 2 aliphatic heterocycles. The van der Waals surface area contributed by atoms with E-state index in [-0.39, 0.29) is 24.0 Å². The Hall–Kier alpha value is -3.17. The van der Waals surface area contributed by atoms with Gasteiger partial charge in [0.15, 0.2) is 0 Å². The van der Waals surface area contributed by atoms with Crippen molar-refractivity contribution >= 4 is 29.2 Å². The number of hydrogen-bond donors (Lipinski definition) is 1. The quantitative estimate of drug-likeness (QED) is 0.410. The molecule has 2 heterocycles. The summed E-state index contributed by atoms with van der Waals surface area (Å²) in [6, 6.07) is 5.79. The summed E-state index contributed by atoms with van der Waals surface area (Å²) in [5.41, 5.74) is -0.0531. The van der Waals surface area contributed by atoms with Crippen molar-refractivity contribution < 1.29 is 19.3 Å². The number of unbranched alkanes of at least 4 members (excludes halogenated alkanes) is 1. The number of piperazine rings is 1. The number of urea groups is 1. The number of amides is 4. The lowest BCUT2D eigenvalue weighted by Gasteiger charge is -2.36. The van der Waals surface area contributed by atoms with E-state index < -0.39 is 16.5 Å². The number of nitro groups is 1. The minimum atomic E-state index is -0.942. The maximum absolute atomic E-state index is 12.7. The summed E-state index contributed by atoms with van der Waals surface area (Å²) in [4.78, 5) is 52.7. The number of nitro benzene ring substituents is 1. The second-order valence-electron chi connectivity index (χ2n) is 7.90. The molecule has 10 nitrogen and oxygen atoms in total. The van der Waals surface area contributed by atoms with Crippen LogP contribution in [0.25, 0.3) is 0 Å². The third-order valence-electron chi connectivity index (χ3n) is 5.73. The van der Waals surface area contributed by atoms with Gasteiger partial charge in [0.2, 0.25) is 5.91 Å². The summed E-state index contributed by atoms with van der Waals surface area (Å²) in [6.07, 6.45) is 2.28. The van der Waals surface area contributed by atoms with Crippen LogP contribution in [0.5, 0.6) is 0 Å². The molecule has 3 rings (SSSR count). The van der Waals surface area contributed by atoms with Crippen LogP contribution in [0.3, 0.4) is 0 Å². The Morgan fingerprint density at radius 2 is 1.80 bits per heavy atom. The minimum Gasteiger partial charge on any atom is -0.368 e. The molecule has 0 spiro atoms. The van der Waals surface area contributed by atoms with Crippen LogP contribution in [0.15, 0.2) is 24.3 Å². The first-order valence-electron chi connectivity index (χ1n) is 10.2. The number of nitrogens with zero attached hydrogens (tertiary/aromatic N) is 4. The van der Waals surface area contributed by atoms with E-state index in [1.54, 1.807) is 24.0 Å². The highest BCUT2D eigenvalue weighted by Crippen LogP contribution is 2.24. The lowest BCUT2D eigenvalue weighted by Crippen LogP contribution is -2.52. The van der Waals surface area contributed by atoms with E-state index in [2.05, 4.69) is 5.32 Å². The molecule has 0 aliphatic carbocycles. The van der Waals surface area contributed by atoms with Gasteiger partial charge in [-0.15, -0.1) is 0 Å².